The Hall–Kier alpha value is -3.54. The maximum atomic E-state index is 13.5. The number of benzene rings is 2. The summed E-state index contributed by atoms with van der Waals surface area (Å²) >= 11 is 1.30. The van der Waals surface area contributed by atoms with Crippen LogP contribution in [-0.2, 0) is 9.47 Å². The maximum absolute atomic E-state index is 13.5. The molecule has 0 amide bonds. The second-order valence-electron chi connectivity index (χ2n) is 9.38. The highest BCUT2D eigenvalue weighted by atomic mass is 32.1. The van der Waals surface area contributed by atoms with Crippen molar-refractivity contribution in [2.75, 3.05) is 62.4 Å². The van der Waals surface area contributed by atoms with Crippen molar-refractivity contribution in [3.05, 3.63) is 66.0 Å². The number of ether oxygens (including phenoxy) is 2. The number of fused-ring (bicyclic) bond motifs is 3. The third kappa shape index (κ3) is 4.12. The Morgan fingerprint density at radius 2 is 1.65 bits per heavy atom. The van der Waals surface area contributed by atoms with Crippen molar-refractivity contribution in [3.63, 3.8) is 0 Å². The largest absolute Gasteiger partial charge is 0.378 e. The molecular formula is C26H27N5O5S. The van der Waals surface area contributed by atoms with E-state index in [-0.39, 0.29) is 16.2 Å². The lowest BCUT2D eigenvalue weighted by molar-refractivity contribution is -0.384. The molecule has 0 unspecified atom stereocenters. The summed E-state index contributed by atoms with van der Waals surface area (Å²) in [5.74, 6) is 0. The van der Waals surface area contributed by atoms with E-state index in [4.69, 9.17) is 14.5 Å². The minimum Gasteiger partial charge on any atom is -0.378 e. The summed E-state index contributed by atoms with van der Waals surface area (Å²) in [4.78, 5) is 34.9. The van der Waals surface area contributed by atoms with Gasteiger partial charge >= 0.3 is 0 Å². The Labute approximate surface area is 216 Å². The summed E-state index contributed by atoms with van der Waals surface area (Å²) in [6.45, 7) is 8.76. The zero-order chi connectivity index (χ0) is 25.7. The molecule has 2 fully saturated rings. The molecule has 0 aliphatic carbocycles. The molecule has 10 nitrogen and oxygen atoms in total. The predicted molar refractivity (Wildman–Crippen MR) is 144 cm³/mol. The quantitative estimate of drug-likeness (QED) is 0.298. The van der Waals surface area contributed by atoms with Crippen molar-refractivity contribution in [2.45, 2.75) is 13.8 Å². The van der Waals surface area contributed by atoms with E-state index in [1.807, 2.05) is 36.9 Å². The SMILES string of the molecule is Cc1ccc2c(nc3sc(=Cc4cc([N+](=O)[O-])c(N5CCOCC5)cc4N4CCOCC4)c(=O)n32)c1C. The van der Waals surface area contributed by atoms with Crippen molar-refractivity contribution in [2.24, 2.45) is 0 Å². The van der Waals surface area contributed by atoms with Gasteiger partial charge in [-0.15, -0.1) is 0 Å². The number of morpholine rings is 2. The Bertz CT molecular complexity index is 1630. The van der Waals surface area contributed by atoms with Gasteiger partial charge in [-0.05, 0) is 43.2 Å². The number of nitro groups is 1. The second-order valence-corrected chi connectivity index (χ2v) is 10.4. The molecule has 2 aromatic carbocycles. The molecule has 37 heavy (non-hydrogen) atoms. The number of hydrogen-bond acceptors (Lipinski definition) is 9. The lowest BCUT2D eigenvalue weighted by Gasteiger charge is -2.33. The first-order valence-corrected chi connectivity index (χ1v) is 13.1. The zero-order valence-corrected chi connectivity index (χ0v) is 21.5. The minimum absolute atomic E-state index is 0.0236. The third-order valence-electron chi connectivity index (χ3n) is 7.25. The van der Waals surface area contributed by atoms with E-state index >= 15 is 0 Å². The van der Waals surface area contributed by atoms with Gasteiger partial charge in [-0.2, -0.15) is 0 Å². The van der Waals surface area contributed by atoms with Crippen molar-refractivity contribution in [3.8, 4) is 0 Å². The number of rotatable bonds is 4. The molecule has 0 atom stereocenters. The van der Waals surface area contributed by atoms with Crippen LogP contribution in [0, 0.1) is 24.0 Å². The van der Waals surface area contributed by atoms with Crippen molar-refractivity contribution >= 4 is 50.5 Å². The van der Waals surface area contributed by atoms with Gasteiger partial charge < -0.3 is 19.3 Å². The first kappa shape index (κ1) is 23.8. The smallest absolute Gasteiger partial charge is 0.293 e. The maximum Gasteiger partial charge on any atom is 0.293 e. The summed E-state index contributed by atoms with van der Waals surface area (Å²) in [6.07, 6.45) is 1.77. The number of nitro benzene ring substituents is 1. The fourth-order valence-corrected chi connectivity index (χ4v) is 6.06. The van der Waals surface area contributed by atoms with Gasteiger partial charge in [0.1, 0.15) is 5.69 Å². The molecule has 0 radical (unpaired) electrons. The van der Waals surface area contributed by atoms with Crippen LogP contribution in [0.25, 0.3) is 22.1 Å². The number of nitrogens with zero attached hydrogens (tertiary/aromatic N) is 5. The van der Waals surface area contributed by atoms with Crippen LogP contribution >= 0.6 is 11.3 Å². The zero-order valence-electron chi connectivity index (χ0n) is 20.7. The number of aromatic nitrogens is 2. The lowest BCUT2D eigenvalue weighted by Crippen LogP contribution is -2.38. The van der Waals surface area contributed by atoms with Crippen LogP contribution in [0.15, 0.2) is 29.1 Å². The molecule has 2 aliphatic rings. The van der Waals surface area contributed by atoms with Gasteiger partial charge in [0.25, 0.3) is 11.2 Å². The van der Waals surface area contributed by atoms with E-state index < -0.39 is 0 Å². The van der Waals surface area contributed by atoms with E-state index in [0.717, 1.165) is 27.8 Å². The highest BCUT2D eigenvalue weighted by molar-refractivity contribution is 7.15. The number of thiazole rings is 1. The average Bonchev–Trinajstić information content (AvgIpc) is 3.43. The average molecular weight is 522 g/mol. The molecule has 2 saturated heterocycles. The van der Waals surface area contributed by atoms with Gasteiger partial charge in [0.15, 0.2) is 4.96 Å². The molecule has 0 N–H and O–H groups in total. The Balaban J connectivity index is 1.55. The Kier molecular flexibility index (Phi) is 6.06. The fourth-order valence-electron chi connectivity index (χ4n) is 5.09. The summed E-state index contributed by atoms with van der Waals surface area (Å²) in [5, 5.41) is 12.2. The molecule has 2 aromatic heterocycles. The monoisotopic (exact) mass is 521 g/mol. The van der Waals surface area contributed by atoms with Gasteiger partial charge in [-0.1, -0.05) is 17.4 Å². The number of hydrogen-bond donors (Lipinski definition) is 0. The lowest BCUT2D eigenvalue weighted by atomic mass is 10.1. The van der Waals surface area contributed by atoms with Crippen LogP contribution in [0.1, 0.15) is 16.7 Å². The van der Waals surface area contributed by atoms with Gasteiger partial charge in [0.05, 0.1) is 46.9 Å². The molecule has 6 rings (SSSR count). The molecule has 192 valence electrons. The van der Waals surface area contributed by atoms with Gasteiger partial charge in [-0.3, -0.25) is 14.9 Å². The summed E-state index contributed by atoms with van der Waals surface area (Å²) < 4.78 is 13.1. The van der Waals surface area contributed by atoms with E-state index in [2.05, 4.69) is 4.90 Å². The van der Waals surface area contributed by atoms with E-state index in [1.54, 1.807) is 16.5 Å². The molecule has 0 bridgehead atoms. The first-order valence-electron chi connectivity index (χ1n) is 12.3. The molecule has 11 heteroatoms. The van der Waals surface area contributed by atoms with Gasteiger partial charge in [0.2, 0.25) is 0 Å². The number of aryl methyl sites for hydroxylation is 2. The molecule has 0 spiro atoms. The van der Waals surface area contributed by atoms with Crippen molar-refractivity contribution in [1.82, 2.24) is 9.38 Å². The van der Waals surface area contributed by atoms with Crippen LogP contribution in [0.5, 0.6) is 0 Å². The molecule has 2 aliphatic heterocycles. The molecule has 0 saturated carbocycles. The van der Waals surface area contributed by atoms with E-state index in [9.17, 15) is 14.9 Å². The highest BCUT2D eigenvalue weighted by Gasteiger charge is 2.26. The molecular weight excluding hydrogens is 494 g/mol. The minimum atomic E-state index is -0.344. The summed E-state index contributed by atoms with van der Waals surface area (Å²) in [6, 6.07) is 7.42. The topological polar surface area (TPSA) is 102 Å². The van der Waals surface area contributed by atoms with Gasteiger partial charge in [-0.25, -0.2) is 9.38 Å². The number of anilines is 2. The molecule has 4 heterocycles. The summed E-state index contributed by atoms with van der Waals surface area (Å²) in [7, 11) is 0. The Morgan fingerprint density at radius 3 is 2.30 bits per heavy atom. The predicted octanol–water partition coefficient (Wildman–Crippen LogP) is 2.66. The normalized spacial score (nSPS) is 17.3. The third-order valence-corrected chi connectivity index (χ3v) is 8.21. The van der Waals surface area contributed by atoms with Crippen LogP contribution in [0.4, 0.5) is 17.1 Å². The first-order chi connectivity index (χ1) is 17.9. The molecule has 4 aromatic rings. The van der Waals surface area contributed by atoms with Crippen LogP contribution < -0.4 is 19.9 Å². The Morgan fingerprint density at radius 1 is 1.00 bits per heavy atom. The van der Waals surface area contributed by atoms with Crippen LogP contribution in [0.2, 0.25) is 0 Å². The van der Waals surface area contributed by atoms with Crippen LogP contribution in [-0.4, -0.2) is 66.9 Å². The fraction of sp³-hybridized carbons (Fsp3) is 0.385. The summed E-state index contributed by atoms with van der Waals surface area (Å²) in [5.41, 5.74) is 5.72. The van der Waals surface area contributed by atoms with Gasteiger partial charge in [0, 0.05) is 43.5 Å². The standard InChI is InChI=1S/C26H27N5O5S/c1-16-3-4-19-24(17(16)2)27-26-30(19)25(32)23(37-26)14-18-13-22(31(33)34)21(29-7-11-36-12-8-29)15-20(18)28-5-9-35-10-6-28/h3-4,13-15H,5-12H2,1-2H3. The van der Waals surface area contributed by atoms with Crippen molar-refractivity contribution in [1.29, 1.82) is 0 Å². The van der Waals surface area contributed by atoms with Crippen molar-refractivity contribution < 1.29 is 14.4 Å². The van der Waals surface area contributed by atoms with E-state index in [0.29, 0.717) is 73.4 Å². The number of imidazole rings is 1. The van der Waals surface area contributed by atoms with Crippen LogP contribution in [0.3, 0.4) is 0 Å². The highest BCUT2D eigenvalue weighted by Crippen LogP contribution is 2.37. The van der Waals surface area contributed by atoms with E-state index in [1.165, 1.54) is 11.3 Å². The second kappa shape index (κ2) is 9.40.